The molecular weight excluding hydrogens is 320 g/mol. The molecule has 2 rings (SSSR count). The first-order valence-electron chi connectivity index (χ1n) is 6.57. The predicted octanol–water partition coefficient (Wildman–Crippen LogP) is 4.24. The van der Waals surface area contributed by atoms with Crippen molar-refractivity contribution < 1.29 is 9.53 Å². The van der Waals surface area contributed by atoms with Crippen LogP contribution in [0.2, 0.25) is 5.02 Å². The highest BCUT2D eigenvalue weighted by Crippen LogP contribution is 2.31. The van der Waals surface area contributed by atoms with Crippen molar-refractivity contribution in [3.05, 3.63) is 52.2 Å². The maximum Gasteiger partial charge on any atom is 0.339 e. The van der Waals surface area contributed by atoms with Crippen molar-refractivity contribution in [2.24, 2.45) is 0 Å². The third kappa shape index (κ3) is 3.79. The monoisotopic (exact) mass is 332 g/mol. The molecule has 1 aromatic heterocycles. The fourth-order valence-electron chi connectivity index (χ4n) is 1.81. The summed E-state index contributed by atoms with van der Waals surface area (Å²) in [5, 5.41) is 10.5. The molecule has 0 saturated heterocycles. The number of halogens is 1. The fourth-order valence-corrected chi connectivity index (χ4v) is 2.88. The fraction of sp³-hybridized carbons (Fsp3) is 0.188. The number of rotatable bonds is 4. The molecule has 0 spiro atoms. The van der Waals surface area contributed by atoms with E-state index >= 15 is 0 Å². The lowest BCUT2D eigenvalue weighted by molar-refractivity contribution is 0.0525. The lowest BCUT2D eigenvalue weighted by Gasteiger charge is -2.09. The Bertz CT molecular complexity index is 739. The van der Waals surface area contributed by atoms with Crippen LogP contribution in [0.1, 0.15) is 28.5 Å². The largest absolute Gasteiger partial charge is 0.462 e. The lowest BCUT2D eigenvalue weighted by atomic mass is 10.1. The Kier molecular flexibility index (Phi) is 5.42. The van der Waals surface area contributed by atoms with Crippen LogP contribution in [0.4, 0.5) is 0 Å². The summed E-state index contributed by atoms with van der Waals surface area (Å²) in [5.41, 5.74) is 1.12. The van der Waals surface area contributed by atoms with E-state index in [4.69, 9.17) is 16.3 Å². The Hall–Kier alpha value is -2.03. The van der Waals surface area contributed by atoms with Crippen molar-refractivity contribution in [3.8, 4) is 6.07 Å². The van der Waals surface area contributed by atoms with Gasteiger partial charge in [0.25, 0.3) is 0 Å². The summed E-state index contributed by atoms with van der Waals surface area (Å²) in [6.07, 6.45) is 0. The number of aromatic nitrogens is 1. The third-order valence-corrected chi connectivity index (χ3v) is 4.00. The Balaban J connectivity index is 2.44. The Morgan fingerprint density at radius 1 is 1.41 bits per heavy atom. The van der Waals surface area contributed by atoms with E-state index in [1.165, 1.54) is 11.8 Å². The molecular formula is C16H13ClN2O2S. The van der Waals surface area contributed by atoms with Gasteiger partial charge in [-0.05, 0) is 44.2 Å². The van der Waals surface area contributed by atoms with E-state index in [-0.39, 0.29) is 17.7 Å². The normalized spacial score (nSPS) is 10.1. The highest BCUT2D eigenvalue weighted by Gasteiger charge is 2.19. The van der Waals surface area contributed by atoms with Crippen molar-refractivity contribution in [3.63, 3.8) is 0 Å². The first-order valence-corrected chi connectivity index (χ1v) is 7.77. The number of benzene rings is 1. The number of hydrogen-bond acceptors (Lipinski definition) is 5. The molecule has 0 atom stereocenters. The molecule has 0 radical (unpaired) electrons. The van der Waals surface area contributed by atoms with E-state index in [0.29, 0.717) is 15.7 Å². The van der Waals surface area contributed by atoms with Crippen LogP contribution in [0.15, 0.2) is 40.3 Å². The lowest BCUT2D eigenvalue weighted by Crippen LogP contribution is -2.09. The molecule has 0 bridgehead atoms. The quantitative estimate of drug-likeness (QED) is 0.783. The molecule has 22 heavy (non-hydrogen) atoms. The minimum Gasteiger partial charge on any atom is -0.462 e. The highest BCUT2D eigenvalue weighted by atomic mass is 35.5. The van der Waals surface area contributed by atoms with Gasteiger partial charge in [-0.3, -0.25) is 0 Å². The topological polar surface area (TPSA) is 63.0 Å². The van der Waals surface area contributed by atoms with Crippen LogP contribution in [0.5, 0.6) is 0 Å². The summed E-state index contributed by atoms with van der Waals surface area (Å²) >= 11 is 7.17. The first kappa shape index (κ1) is 16.3. The number of nitriles is 1. The van der Waals surface area contributed by atoms with E-state index in [1.807, 2.05) is 12.1 Å². The average molecular weight is 333 g/mol. The second-order valence-corrected chi connectivity index (χ2v) is 5.88. The van der Waals surface area contributed by atoms with Crippen molar-refractivity contribution in [2.45, 2.75) is 23.8 Å². The van der Waals surface area contributed by atoms with Gasteiger partial charge in [0.15, 0.2) is 0 Å². The molecule has 4 nitrogen and oxygen atoms in total. The van der Waals surface area contributed by atoms with E-state index in [0.717, 1.165) is 4.90 Å². The summed E-state index contributed by atoms with van der Waals surface area (Å²) in [7, 11) is 0. The van der Waals surface area contributed by atoms with Crippen molar-refractivity contribution in [1.29, 1.82) is 5.26 Å². The van der Waals surface area contributed by atoms with E-state index < -0.39 is 5.97 Å². The smallest absolute Gasteiger partial charge is 0.339 e. The van der Waals surface area contributed by atoms with Gasteiger partial charge in [-0.25, -0.2) is 9.78 Å². The summed E-state index contributed by atoms with van der Waals surface area (Å²) in [6.45, 7) is 3.75. The SMILES string of the molecule is CCOC(=O)c1cc(C)nc(Sc2ccc(Cl)cc2)c1C#N. The second-order valence-electron chi connectivity index (χ2n) is 4.38. The Morgan fingerprint density at radius 2 is 2.09 bits per heavy atom. The number of aryl methyl sites for hydroxylation is 1. The first-order chi connectivity index (χ1) is 10.5. The van der Waals surface area contributed by atoms with Crippen LogP contribution in [-0.2, 0) is 4.74 Å². The van der Waals surface area contributed by atoms with Gasteiger partial charge in [0.1, 0.15) is 11.1 Å². The summed E-state index contributed by atoms with van der Waals surface area (Å²) in [6, 6.07) is 10.8. The molecule has 112 valence electrons. The molecule has 2 aromatic rings. The third-order valence-electron chi connectivity index (χ3n) is 2.75. The zero-order valence-electron chi connectivity index (χ0n) is 12.1. The van der Waals surface area contributed by atoms with Gasteiger partial charge in [0.05, 0.1) is 17.7 Å². The number of hydrogen-bond donors (Lipinski definition) is 0. The minimum absolute atomic E-state index is 0.226. The molecule has 0 aliphatic carbocycles. The average Bonchev–Trinajstić information content (AvgIpc) is 2.49. The number of carbonyl (C=O) groups excluding carboxylic acids is 1. The van der Waals surface area contributed by atoms with Crippen LogP contribution >= 0.6 is 23.4 Å². The van der Waals surface area contributed by atoms with Crippen molar-refractivity contribution >= 4 is 29.3 Å². The molecule has 6 heteroatoms. The van der Waals surface area contributed by atoms with Gasteiger partial charge < -0.3 is 4.74 Å². The number of carbonyl (C=O) groups is 1. The standard InChI is InChI=1S/C16H13ClN2O2S/c1-3-21-16(20)13-8-10(2)19-15(14(13)9-18)22-12-6-4-11(17)5-7-12/h4-8H,3H2,1-2H3. The molecule has 0 unspecified atom stereocenters. The number of esters is 1. The molecule has 1 aromatic carbocycles. The molecule has 0 aliphatic heterocycles. The Morgan fingerprint density at radius 3 is 2.68 bits per heavy atom. The number of ether oxygens (including phenoxy) is 1. The van der Waals surface area contributed by atoms with Gasteiger partial charge in [0.2, 0.25) is 0 Å². The van der Waals surface area contributed by atoms with Gasteiger partial charge in [-0.15, -0.1) is 0 Å². The zero-order chi connectivity index (χ0) is 16.1. The maximum absolute atomic E-state index is 12.0. The summed E-state index contributed by atoms with van der Waals surface area (Å²) in [5.74, 6) is -0.512. The number of nitrogens with zero attached hydrogens (tertiary/aromatic N) is 2. The van der Waals surface area contributed by atoms with Crippen molar-refractivity contribution in [2.75, 3.05) is 6.61 Å². The van der Waals surface area contributed by atoms with E-state index in [2.05, 4.69) is 11.1 Å². The van der Waals surface area contributed by atoms with Gasteiger partial charge >= 0.3 is 5.97 Å². The Labute approximate surface area is 138 Å². The molecule has 0 aliphatic rings. The van der Waals surface area contributed by atoms with Crippen LogP contribution in [-0.4, -0.2) is 17.6 Å². The maximum atomic E-state index is 12.0. The predicted molar refractivity (Wildman–Crippen MR) is 85.2 cm³/mol. The molecule has 0 N–H and O–H groups in total. The van der Waals surface area contributed by atoms with E-state index in [1.54, 1.807) is 32.0 Å². The van der Waals surface area contributed by atoms with Crippen LogP contribution in [0.3, 0.4) is 0 Å². The van der Waals surface area contributed by atoms with Gasteiger partial charge in [-0.1, -0.05) is 23.4 Å². The molecule has 0 fully saturated rings. The molecule has 0 saturated carbocycles. The van der Waals surface area contributed by atoms with Gasteiger partial charge in [0, 0.05) is 15.6 Å². The minimum atomic E-state index is -0.512. The van der Waals surface area contributed by atoms with E-state index in [9.17, 15) is 10.1 Å². The van der Waals surface area contributed by atoms with Crippen LogP contribution in [0, 0.1) is 18.3 Å². The van der Waals surface area contributed by atoms with Crippen molar-refractivity contribution in [1.82, 2.24) is 4.98 Å². The van der Waals surface area contributed by atoms with Crippen LogP contribution < -0.4 is 0 Å². The highest BCUT2D eigenvalue weighted by molar-refractivity contribution is 7.99. The summed E-state index contributed by atoms with van der Waals surface area (Å²) in [4.78, 5) is 17.2. The summed E-state index contributed by atoms with van der Waals surface area (Å²) < 4.78 is 5.00. The van der Waals surface area contributed by atoms with Gasteiger partial charge in [-0.2, -0.15) is 5.26 Å². The molecule has 0 amide bonds. The second kappa shape index (κ2) is 7.30. The molecule has 1 heterocycles. The number of pyridine rings is 1. The van der Waals surface area contributed by atoms with Crippen LogP contribution in [0.25, 0.3) is 0 Å². The zero-order valence-corrected chi connectivity index (χ0v) is 13.7.